The average Bonchev–Trinajstić information content (AvgIpc) is 2.19. The Morgan fingerprint density at radius 3 is 2.53 bits per heavy atom. The molecule has 0 radical (unpaired) electrons. The number of hydrogen-bond acceptors (Lipinski definition) is 3. The third-order valence-electron chi connectivity index (χ3n) is 3.11. The van der Waals surface area contributed by atoms with Crippen LogP contribution in [0.2, 0.25) is 0 Å². The molecule has 0 amide bonds. The van der Waals surface area contributed by atoms with Gasteiger partial charge in [-0.1, -0.05) is 6.42 Å². The van der Waals surface area contributed by atoms with E-state index in [-0.39, 0.29) is 0 Å². The Kier molecular flexibility index (Phi) is 4.54. The van der Waals surface area contributed by atoms with Crippen LogP contribution < -0.4 is 5.73 Å². The van der Waals surface area contributed by atoms with Crippen LogP contribution in [-0.2, 0) is 4.79 Å². The minimum atomic E-state index is -1.06. The number of hydrogen-bond donors (Lipinski definition) is 2. The second kappa shape index (κ2) is 5.47. The van der Waals surface area contributed by atoms with Gasteiger partial charge in [0.05, 0.1) is 0 Å². The molecule has 0 aliphatic carbocycles. The van der Waals surface area contributed by atoms with Gasteiger partial charge in [0.2, 0.25) is 0 Å². The molecule has 15 heavy (non-hydrogen) atoms. The molecule has 0 bridgehead atoms. The summed E-state index contributed by atoms with van der Waals surface area (Å²) in [6, 6.07) is 0. The molecular formula is C11H22N2O2. The predicted molar refractivity (Wildman–Crippen MR) is 59.8 cm³/mol. The van der Waals surface area contributed by atoms with E-state index in [0.717, 1.165) is 26.1 Å². The lowest BCUT2D eigenvalue weighted by Crippen LogP contribution is -2.45. The molecule has 4 heteroatoms. The van der Waals surface area contributed by atoms with Crippen molar-refractivity contribution in [3.63, 3.8) is 0 Å². The van der Waals surface area contributed by atoms with Gasteiger partial charge in [-0.05, 0) is 52.2 Å². The maximum Gasteiger partial charge on any atom is 0.323 e. The van der Waals surface area contributed by atoms with Crippen LogP contribution in [0.25, 0.3) is 0 Å². The molecule has 1 saturated heterocycles. The van der Waals surface area contributed by atoms with Gasteiger partial charge in [0.1, 0.15) is 5.54 Å². The van der Waals surface area contributed by atoms with E-state index in [1.807, 2.05) is 0 Å². The van der Waals surface area contributed by atoms with Crippen LogP contribution in [0.5, 0.6) is 0 Å². The summed E-state index contributed by atoms with van der Waals surface area (Å²) in [4.78, 5) is 13.2. The Hall–Kier alpha value is -0.610. The van der Waals surface area contributed by atoms with Gasteiger partial charge in [0.15, 0.2) is 0 Å². The largest absolute Gasteiger partial charge is 0.480 e. The average molecular weight is 214 g/mol. The first-order valence-corrected chi connectivity index (χ1v) is 5.77. The van der Waals surface area contributed by atoms with Crippen LogP contribution in [0, 0.1) is 0 Å². The summed E-state index contributed by atoms with van der Waals surface area (Å²) in [5.74, 6) is -0.902. The summed E-state index contributed by atoms with van der Waals surface area (Å²) in [7, 11) is 0. The molecular weight excluding hydrogens is 192 g/mol. The summed E-state index contributed by atoms with van der Waals surface area (Å²) in [6.07, 6.45) is 5.32. The molecule has 1 rings (SSSR count). The van der Waals surface area contributed by atoms with Crippen LogP contribution >= 0.6 is 0 Å². The van der Waals surface area contributed by atoms with Crippen LogP contribution in [0.3, 0.4) is 0 Å². The van der Waals surface area contributed by atoms with Crippen molar-refractivity contribution >= 4 is 5.97 Å². The summed E-state index contributed by atoms with van der Waals surface area (Å²) in [5.41, 5.74) is 4.60. The molecule has 0 aromatic heterocycles. The molecule has 1 aliphatic heterocycles. The highest BCUT2D eigenvalue weighted by Crippen LogP contribution is 2.13. The number of carboxylic acid groups (broad SMARTS) is 1. The molecule has 0 aromatic rings. The number of nitrogens with two attached hydrogens (primary N) is 1. The Bertz CT molecular complexity index is 211. The van der Waals surface area contributed by atoms with E-state index in [0.29, 0.717) is 6.42 Å². The quantitative estimate of drug-likeness (QED) is 0.718. The van der Waals surface area contributed by atoms with Gasteiger partial charge in [-0.2, -0.15) is 0 Å². The number of nitrogens with zero attached hydrogens (tertiary/aromatic N) is 1. The second-order valence-electron chi connectivity index (χ2n) is 4.73. The maximum atomic E-state index is 10.8. The number of rotatable bonds is 5. The molecule has 3 N–H and O–H groups in total. The lowest BCUT2D eigenvalue weighted by molar-refractivity contribution is -0.142. The fraction of sp³-hybridized carbons (Fsp3) is 0.909. The van der Waals surface area contributed by atoms with Crippen molar-refractivity contribution in [1.82, 2.24) is 4.90 Å². The van der Waals surface area contributed by atoms with Gasteiger partial charge >= 0.3 is 5.97 Å². The molecule has 1 heterocycles. The Morgan fingerprint density at radius 1 is 1.40 bits per heavy atom. The summed E-state index contributed by atoms with van der Waals surface area (Å²) in [5, 5.41) is 8.84. The first-order chi connectivity index (χ1) is 7.02. The third-order valence-corrected chi connectivity index (χ3v) is 3.11. The first-order valence-electron chi connectivity index (χ1n) is 5.77. The second-order valence-corrected chi connectivity index (χ2v) is 4.73. The van der Waals surface area contributed by atoms with Gasteiger partial charge in [-0.3, -0.25) is 4.79 Å². The number of carbonyl (C=O) groups is 1. The van der Waals surface area contributed by atoms with Gasteiger partial charge in [0.25, 0.3) is 0 Å². The van der Waals surface area contributed by atoms with Crippen LogP contribution in [0.4, 0.5) is 0 Å². The van der Waals surface area contributed by atoms with Crippen molar-refractivity contribution in [1.29, 1.82) is 0 Å². The molecule has 1 fully saturated rings. The number of piperidine rings is 1. The highest BCUT2D eigenvalue weighted by molar-refractivity contribution is 5.77. The zero-order chi connectivity index (χ0) is 11.3. The number of carboxylic acids is 1. The van der Waals surface area contributed by atoms with Gasteiger partial charge in [-0.15, -0.1) is 0 Å². The number of aliphatic carboxylic acids is 1. The smallest absolute Gasteiger partial charge is 0.323 e. The van der Waals surface area contributed by atoms with E-state index >= 15 is 0 Å². The van der Waals surface area contributed by atoms with Gasteiger partial charge in [0, 0.05) is 0 Å². The first kappa shape index (κ1) is 12.5. The van der Waals surface area contributed by atoms with Crippen LogP contribution in [0.1, 0.15) is 39.0 Å². The molecule has 1 atom stereocenters. The third kappa shape index (κ3) is 4.18. The van der Waals surface area contributed by atoms with E-state index in [9.17, 15) is 4.79 Å². The molecule has 88 valence electrons. The zero-order valence-corrected chi connectivity index (χ0v) is 9.54. The van der Waals surface area contributed by atoms with Crippen molar-refractivity contribution < 1.29 is 9.90 Å². The fourth-order valence-corrected chi connectivity index (χ4v) is 1.96. The summed E-state index contributed by atoms with van der Waals surface area (Å²) >= 11 is 0. The number of likely N-dealkylation sites (tertiary alicyclic amines) is 1. The minimum Gasteiger partial charge on any atom is -0.480 e. The molecule has 4 nitrogen and oxygen atoms in total. The predicted octanol–water partition coefficient (Wildman–Crippen LogP) is 1.05. The Labute approximate surface area is 91.4 Å². The minimum absolute atomic E-state index is 0.554. The molecule has 0 spiro atoms. The SMILES string of the molecule is CC(N)(CCCN1CCCCC1)C(=O)O. The van der Waals surface area contributed by atoms with Crippen LogP contribution in [0.15, 0.2) is 0 Å². The maximum absolute atomic E-state index is 10.8. The molecule has 0 aromatic carbocycles. The van der Waals surface area contributed by atoms with Gasteiger partial charge in [-0.25, -0.2) is 0 Å². The van der Waals surface area contributed by atoms with Crippen LogP contribution in [-0.4, -0.2) is 41.1 Å². The lowest BCUT2D eigenvalue weighted by atomic mass is 9.97. The fourth-order valence-electron chi connectivity index (χ4n) is 1.96. The van der Waals surface area contributed by atoms with Crippen molar-refractivity contribution in [3.8, 4) is 0 Å². The monoisotopic (exact) mass is 214 g/mol. The van der Waals surface area contributed by atoms with E-state index in [4.69, 9.17) is 10.8 Å². The zero-order valence-electron chi connectivity index (χ0n) is 9.54. The standard InChI is InChI=1S/C11H22N2O2/c1-11(12,10(14)15)6-5-9-13-7-3-2-4-8-13/h2-9,12H2,1H3,(H,14,15). The summed E-state index contributed by atoms with van der Waals surface area (Å²) < 4.78 is 0. The molecule has 1 aliphatic rings. The Balaban J connectivity index is 2.17. The van der Waals surface area contributed by atoms with E-state index in [2.05, 4.69) is 4.90 Å². The van der Waals surface area contributed by atoms with E-state index in [1.54, 1.807) is 6.92 Å². The van der Waals surface area contributed by atoms with Crippen molar-refractivity contribution in [3.05, 3.63) is 0 Å². The highest BCUT2D eigenvalue weighted by Gasteiger charge is 2.27. The topological polar surface area (TPSA) is 66.6 Å². The van der Waals surface area contributed by atoms with Crippen molar-refractivity contribution in [2.75, 3.05) is 19.6 Å². The van der Waals surface area contributed by atoms with Gasteiger partial charge < -0.3 is 15.7 Å². The van der Waals surface area contributed by atoms with Crippen molar-refractivity contribution in [2.24, 2.45) is 5.73 Å². The van der Waals surface area contributed by atoms with Crippen molar-refractivity contribution in [2.45, 2.75) is 44.6 Å². The molecule has 0 saturated carbocycles. The lowest BCUT2D eigenvalue weighted by Gasteiger charge is -2.27. The van der Waals surface area contributed by atoms with E-state index < -0.39 is 11.5 Å². The van der Waals surface area contributed by atoms with E-state index in [1.165, 1.54) is 19.3 Å². The normalized spacial score (nSPS) is 22.3. The Morgan fingerprint density at radius 2 is 2.00 bits per heavy atom. The summed E-state index contributed by atoms with van der Waals surface area (Å²) in [6.45, 7) is 4.90. The highest BCUT2D eigenvalue weighted by atomic mass is 16.4. The molecule has 1 unspecified atom stereocenters.